The molecule has 3 heterocycles. The number of nitrogen functional groups attached to an aromatic ring is 1. The molecular weight excluding hydrogens is 568 g/mol. The number of ketones is 1. The lowest BCUT2D eigenvalue weighted by Gasteiger charge is -2.37. The molecule has 4 aromatic rings. The maximum Gasteiger partial charge on any atom is 0.262 e. The maximum absolute atomic E-state index is 14.1. The van der Waals surface area contributed by atoms with Crippen molar-refractivity contribution in [3.63, 3.8) is 0 Å². The van der Waals surface area contributed by atoms with Gasteiger partial charge in [-0.2, -0.15) is 0 Å². The van der Waals surface area contributed by atoms with Gasteiger partial charge < -0.3 is 32.6 Å². The highest BCUT2D eigenvalue weighted by atomic mass is 32.1. The molecular formula is C30H30N8O4S. The van der Waals surface area contributed by atoms with Crippen molar-refractivity contribution in [1.82, 2.24) is 25.6 Å². The van der Waals surface area contributed by atoms with Gasteiger partial charge in [0.15, 0.2) is 11.5 Å². The second kappa shape index (κ2) is 10.8. The van der Waals surface area contributed by atoms with Crippen LogP contribution in [-0.2, 0) is 15.1 Å². The summed E-state index contributed by atoms with van der Waals surface area (Å²) in [7, 11) is 0. The number of ether oxygens (including phenoxy) is 1. The Morgan fingerprint density at radius 3 is 2.56 bits per heavy atom. The number of carbonyl (C=O) groups excluding carboxylic acids is 3. The molecule has 0 bridgehead atoms. The summed E-state index contributed by atoms with van der Waals surface area (Å²) in [6, 6.07) is 3.35. The summed E-state index contributed by atoms with van der Waals surface area (Å²) in [6.45, 7) is 5.31. The van der Waals surface area contributed by atoms with Gasteiger partial charge in [-0.25, -0.2) is 15.0 Å². The van der Waals surface area contributed by atoms with Gasteiger partial charge in [-0.3, -0.25) is 14.4 Å². The lowest BCUT2D eigenvalue weighted by Crippen LogP contribution is -2.53. The van der Waals surface area contributed by atoms with E-state index in [4.69, 9.17) is 21.9 Å². The quantitative estimate of drug-likeness (QED) is 0.155. The second-order valence-electron chi connectivity index (χ2n) is 10.7. The van der Waals surface area contributed by atoms with Gasteiger partial charge in [-0.1, -0.05) is 12.6 Å². The lowest BCUT2D eigenvalue weighted by molar-refractivity contribution is -0.124. The van der Waals surface area contributed by atoms with Gasteiger partial charge in [0.1, 0.15) is 11.9 Å². The molecule has 1 fully saturated rings. The Kier molecular flexibility index (Phi) is 7.16. The zero-order chi connectivity index (χ0) is 30.5. The summed E-state index contributed by atoms with van der Waals surface area (Å²) in [5.74, 6) is -0.486. The number of nitrogens with one attached hydrogen (secondary N) is 2. The van der Waals surface area contributed by atoms with Crippen LogP contribution in [0, 0.1) is 6.92 Å². The van der Waals surface area contributed by atoms with Crippen LogP contribution in [0.2, 0.25) is 0 Å². The van der Waals surface area contributed by atoms with Crippen LogP contribution in [0.3, 0.4) is 0 Å². The average molecular weight is 599 g/mol. The molecule has 8 N–H and O–H groups in total. The molecule has 0 radical (unpaired) electrons. The highest BCUT2D eigenvalue weighted by Gasteiger charge is 2.49. The molecule has 1 saturated carbocycles. The molecule has 43 heavy (non-hydrogen) atoms. The highest BCUT2D eigenvalue weighted by molar-refractivity contribution is 7.21. The molecule has 12 nitrogen and oxygen atoms in total. The van der Waals surface area contributed by atoms with E-state index in [0.717, 1.165) is 12.8 Å². The zero-order valence-corrected chi connectivity index (χ0v) is 24.1. The van der Waals surface area contributed by atoms with Crippen molar-refractivity contribution in [1.29, 1.82) is 0 Å². The molecule has 2 amide bonds. The maximum atomic E-state index is 14.1. The van der Waals surface area contributed by atoms with Crippen molar-refractivity contribution in [3.8, 4) is 11.6 Å². The summed E-state index contributed by atoms with van der Waals surface area (Å²) in [5, 5.41) is 6.52. The third kappa shape index (κ3) is 4.71. The zero-order valence-electron chi connectivity index (χ0n) is 23.3. The van der Waals surface area contributed by atoms with Gasteiger partial charge in [-0.05, 0) is 49.5 Å². The van der Waals surface area contributed by atoms with Crippen molar-refractivity contribution in [2.24, 2.45) is 11.5 Å². The molecule has 0 aliphatic heterocycles. The van der Waals surface area contributed by atoms with Gasteiger partial charge in [0.2, 0.25) is 11.8 Å². The van der Waals surface area contributed by atoms with Gasteiger partial charge in [0.25, 0.3) is 5.91 Å². The molecule has 0 saturated heterocycles. The monoisotopic (exact) mass is 598 g/mol. The fraction of sp³-hybridized carbons (Fsp3) is 0.267. The van der Waals surface area contributed by atoms with E-state index in [-0.39, 0.29) is 29.8 Å². The SMILES string of the molecule is C=CC(=O)N[C@H]1CCC[C@H]1NC(=O)c1sc2c(N)ccc3c2c1C(N)C(=O)C3(N)c1cnc(Oc2cncnc2)cc1C. The number of carbonyl (C=O) groups is 3. The number of hydrogen-bond donors (Lipinski definition) is 5. The van der Waals surface area contributed by atoms with Crippen molar-refractivity contribution in [3.05, 3.63) is 82.9 Å². The topological polar surface area (TPSA) is 201 Å². The van der Waals surface area contributed by atoms with Gasteiger partial charge in [0, 0.05) is 46.5 Å². The minimum Gasteiger partial charge on any atom is -0.436 e. The van der Waals surface area contributed by atoms with Gasteiger partial charge >= 0.3 is 0 Å². The second-order valence-corrected chi connectivity index (χ2v) is 11.8. The summed E-state index contributed by atoms with van der Waals surface area (Å²) in [4.78, 5) is 52.3. The van der Waals surface area contributed by atoms with Crippen LogP contribution in [0.4, 0.5) is 5.69 Å². The van der Waals surface area contributed by atoms with Crippen LogP contribution in [0.5, 0.6) is 11.6 Å². The largest absolute Gasteiger partial charge is 0.436 e. The van der Waals surface area contributed by atoms with E-state index in [0.29, 0.717) is 55.1 Å². The lowest BCUT2D eigenvalue weighted by atomic mass is 9.70. The fourth-order valence-corrected chi connectivity index (χ4v) is 7.27. The van der Waals surface area contributed by atoms with E-state index in [1.165, 1.54) is 42.3 Å². The average Bonchev–Trinajstić information content (AvgIpc) is 3.61. The Labute approximate surface area is 250 Å². The van der Waals surface area contributed by atoms with Crippen molar-refractivity contribution in [2.75, 3.05) is 5.73 Å². The number of thiophene rings is 1. The van der Waals surface area contributed by atoms with Gasteiger partial charge in [0.05, 0.1) is 28.0 Å². The summed E-state index contributed by atoms with van der Waals surface area (Å²) in [5.41, 5.74) is 20.8. The molecule has 4 atom stereocenters. The van der Waals surface area contributed by atoms with Crippen molar-refractivity contribution >= 4 is 44.7 Å². The molecule has 2 unspecified atom stereocenters. The number of amides is 2. The van der Waals surface area contributed by atoms with Crippen LogP contribution in [0.1, 0.15) is 57.2 Å². The van der Waals surface area contributed by atoms with E-state index in [1.807, 2.05) is 0 Å². The number of aromatic nitrogens is 3. The number of anilines is 1. The third-order valence-electron chi connectivity index (χ3n) is 8.13. The Bertz CT molecular complexity index is 1790. The van der Waals surface area contributed by atoms with Crippen LogP contribution >= 0.6 is 11.3 Å². The number of pyridine rings is 1. The van der Waals surface area contributed by atoms with Crippen LogP contribution in [0.15, 0.2) is 55.8 Å². The van der Waals surface area contributed by atoms with E-state index >= 15 is 0 Å². The van der Waals surface area contributed by atoms with Crippen LogP contribution in [0.25, 0.3) is 10.1 Å². The standard InChI is InChI=1S/C30H30N8O4S/c1-3-21(39)37-19-5-4-6-20(19)38-29(41)27-24-23-16(7-8-18(31)26(23)43-27)30(33,28(40)25(24)32)17-12-36-22(9-14(17)2)42-15-10-34-13-35-11-15/h3,7-13,19-20,25H,1,4-6,31-33H2,2H3,(H,37,39)(H,38,41)/t19-,20+,25?,30?/m0/s1. The molecule has 3 aromatic heterocycles. The molecule has 2 aliphatic carbocycles. The Morgan fingerprint density at radius 2 is 1.86 bits per heavy atom. The van der Waals surface area contributed by atoms with Crippen molar-refractivity contribution in [2.45, 2.75) is 49.9 Å². The summed E-state index contributed by atoms with van der Waals surface area (Å²) in [6.07, 6.45) is 9.38. The minimum atomic E-state index is -1.66. The summed E-state index contributed by atoms with van der Waals surface area (Å²) >= 11 is 1.17. The van der Waals surface area contributed by atoms with E-state index in [2.05, 4.69) is 32.2 Å². The van der Waals surface area contributed by atoms with Crippen LogP contribution in [-0.4, -0.2) is 44.6 Å². The Morgan fingerprint density at radius 1 is 1.14 bits per heavy atom. The molecule has 220 valence electrons. The Hall–Kier alpha value is -4.72. The van der Waals surface area contributed by atoms with E-state index in [9.17, 15) is 14.4 Å². The predicted molar refractivity (Wildman–Crippen MR) is 161 cm³/mol. The number of benzene rings is 1. The number of nitrogens with two attached hydrogens (primary N) is 3. The van der Waals surface area contributed by atoms with Gasteiger partial charge in [-0.15, -0.1) is 11.3 Å². The highest BCUT2D eigenvalue weighted by Crippen LogP contribution is 2.50. The van der Waals surface area contributed by atoms with E-state index in [1.54, 1.807) is 25.1 Å². The first-order valence-corrected chi connectivity index (χ1v) is 14.5. The third-order valence-corrected chi connectivity index (χ3v) is 9.39. The van der Waals surface area contributed by atoms with Crippen LogP contribution < -0.4 is 32.6 Å². The first kappa shape index (κ1) is 28.4. The first-order valence-electron chi connectivity index (χ1n) is 13.7. The smallest absolute Gasteiger partial charge is 0.262 e. The molecule has 0 spiro atoms. The molecule has 6 rings (SSSR count). The van der Waals surface area contributed by atoms with E-state index < -0.39 is 17.4 Å². The molecule has 13 heteroatoms. The Balaban J connectivity index is 1.40. The number of hydrogen-bond acceptors (Lipinski definition) is 11. The molecule has 1 aromatic carbocycles. The minimum absolute atomic E-state index is 0.232. The first-order chi connectivity index (χ1) is 20.6. The number of rotatable bonds is 7. The fourth-order valence-electron chi connectivity index (χ4n) is 6.07. The molecule has 2 aliphatic rings. The van der Waals surface area contributed by atoms with Crippen molar-refractivity contribution < 1.29 is 19.1 Å². The summed E-state index contributed by atoms with van der Waals surface area (Å²) < 4.78 is 6.38. The normalized spacial score (nSPS) is 22.8. The predicted octanol–water partition coefficient (Wildman–Crippen LogP) is 2.51. The number of aryl methyl sites for hydroxylation is 1. The number of nitrogens with zero attached hydrogens (tertiary/aromatic N) is 3. The number of Topliss-reactive ketones (excluding diaryl/α,β-unsaturated/α-hetero) is 1.